The lowest BCUT2D eigenvalue weighted by Gasteiger charge is -2.20. The molecule has 3 nitrogen and oxygen atoms in total. The van der Waals surface area contributed by atoms with E-state index in [9.17, 15) is 0 Å². The van der Waals surface area contributed by atoms with Gasteiger partial charge < -0.3 is 14.8 Å². The van der Waals surface area contributed by atoms with Crippen LogP contribution in [0.4, 0.5) is 0 Å². The molecule has 4 heteroatoms. The minimum absolute atomic E-state index is 0.111. The van der Waals surface area contributed by atoms with Crippen LogP contribution in [0.5, 0.6) is 11.5 Å². The second-order valence-electron chi connectivity index (χ2n) is 5.07. The summed E-state index contributed by atoms with van der Waals surface area (Å²) in [6.45, 7) is 0.784. The highest BCUT2D eigenvalue weighted by molar-refractivity contribution is 9.10. The fraction of sp³-hybridized carbons (Fsp3) is 0.294. The van der Waals surface area contributed by atoms with Gasteiger partial charge in [0.05, 0.1) is 19.8 Å². The smallest absolute Gasteiger partial charge is 0.122 e. The van der Waals surface area contributed by atoms with E-state index < -0.39 is 0 Å². The van der Waals surface area contributed by atoms with Gasteiger partial charge in [0.25, 0.3) is 0 Å². The van der Waals surface area contributed by atoms with Gasteiger partial charge >= 0.3 is 0 Å². The van der Waals surface area contributed by atoms with Gasteiger partial charge in [-0.05, 0) is 48.0 Å². The van der Waals surface area contributed by atoms with Crippen LogP contribution in [0, 0.1) is 0 Å². The van der Waals surface area contributed by atoms with Crippen molar-refractivity contribution in [3.05, 3.63) is 57.6 Å². The second-order valence-corrected chi connectivity index (χ2v) is 5.93. The van der Waals surface area contributed by atoms with Crippen molar-refractivity contribution >= 4 is 15.9 Å². The van der Waals surface area contributed by atoms with Crippen LogP contribution in [-0.4, -0.2) is 20.8 Å². The molecule has 21 heavy (non-hydrogen) atoms. The molecule has 2 aromatic carbocycles. The van der Waals surface area contributed by atoms with Crippen LogP contribution in [0.3, 0.4) is 0 Å². The molecule has 0 saturated heterocycles. The van der Waals surface area contributed by atoms with Crippen molar-refractivity contribution in [1.29, 1.82) is 0 Å². The first-order valence-electron chi connectivity index (χ1n) is 6.99. The predicted octanol–water partition coefficient (Wildman–Crippen LogP) is 3.70. The number of ether oxygens (including phenoxy) is 2. The number of benzene rings is 2. The van der Waals surface area contributed by atoms with E-state index in [1.54, 1.807) is 7.11 Å². The third-order valence-corrected chi connectivity index (χ3v) is 4.57. The highest BCUT2D eigenvalue weighted by Crippen LogP contribution is 2.34. The average molecular weight is 348 g/mol. The molecule has 110 valence electrons. The first-order valence-corrected chi connectivity index (χ1v) is 7.78. The monoisotopic (exact) mass is 347 g/mol. The summed E-state index contributed by atoms with van der Waals surface area (Å²) < 4.78 is 12.0. The lowest BCUT2D eigenvalue weighted by atomic mass is 9.96. The lowest BCUT2D eigenvalue weighted by molar-refractivity contribution is 0.357. The summed E-state index contributed by atoms with van der Waals surface area (Å²) >= 11 is 3.64. The summed E-state index contributed by atoms with van der Waals surface area (Å²) in [6, 6.07) is 12.6. The summed E-state index contributed by atoms with van der Waals surface area (Å²) in [5.74, 6) is 1.87. The molecule has 0 fully saturated rings. The molecule has 0 bridgehead atoms. The molecule has 3 rings (SSSR count). The van der Waals surface area contributed by atoms with E-state index in [1.165, 1.54) is 11.1 Å². The van der Waals surface area contributed by atoms with Gasteiger partial charge in [-0.3, -0.25) is 0 Å². The van der Waals surface area contributed by atoms with Crippen molar-refractivity contribution in [1.82, 2.24) is 5.32 Å². The van der Waals surface area contributed by atoms with Gasteiger partial charge in [0, 0.05) is 10.9 Å². The lowest BCUT2D eigenvalue weighted by Crippen LogP contribution is -2.18. The quantitative estimate of drug-likeness (QED) is 0.914. The van der Waals surface area contributed by atoms with E-state index in [0.29, 0.717) is 0 Å². The van der Waals surface area contributed by atoms with Gasteiger partial charge in [-0.15, -0.1) is 0 Å². The van der Waals surface area contributed by atoms with Crippen molar-refractivity contribution in [3.63, 3.8) is 0 Å². The Morgan fingerprint density at radius 3 is 2.86 bits per heavy atom. The van der Waals surface area contributed by atoms with Gasteiger partial charge in [-0.1, -0.05) is 28.1 Å². The second kappa shape index (κ2) is 6.08. The Bertz CT molecular complexity index is 657. The summed E-state index contributed by atoms with van der Waals surface area (Å²) in [7, 11) is 3.66. The number of halogens is 1. The summed E-state index contributed by atoms with van der Waals surface area (Å²) in [4.78, 5) is 0. The van der Waals surface area contributed by atoms with E-state index >= 15 is 0 Å². The summed E-state index contributed by atoms with van der Waals surface area (Å²) in [5.41, 5.74) is 3.68. The number of rotatable bonds is 4. The van der Waals surface area contributed by atoms with Gasteiger partial charge in [-0.2, -0.15) is 0 Å². The number of nitrogens with one attached hydrogen (secondary N) is 1. The number of hydrogen-bond donors (Lipinski definition) is 1. The van der Waals surface area contributed by atoms with E-state index in [2.05, 4.69) is 45.5 Å². The summed E-state index contributed by atoms with van der Waals surface area (Å²) in [6.07, 6.45) is 0.985. The number of fused-ring (bicyclic) bond motifs is 1. The first-order chi connectivity index (χ1) is 10.2. The molecule has 0 spiro atoms. The standard InChI is InChI=1S/C17H18BrNO2/c1-19-17(14-10-13(20-2)4-5-15(14)18)12-3-6-16-11(9-12)7-8-21-16/h3-6,9-10,17,19H,7-8H2,1-2H3. The first kappa shape index (κ1) is 14.4. The molecule has 1 heterocycles. The van der Waals surface area contributed by atoms with Crippen molar-refractivity contribution in [2.24, 2.45) is 0 Å². The van der Waals surface area contributed by atoms with Crippen LogP contribution in [0.2, 0.25) is 0 Å². The molecule has 1 aliphatic heterocycles. The fourth-order valence-electron chi connectivity index (χ4n) is 2.76. The predicted molar refractivity (Wildman–Crippen MR) is 87.2 cm³/mol. The molecule has 0 aliphatic carbocycles. The Labute approximate surface area is 133 Å². The van der Waals surface area contributed by atoms with Crippen molar-refractivity contribution in [2.45, 2.75) is 12.5 Å². The minimum atomic E-state index is 0.111. The maximum Gasteiger partial charge on any atom is 0.122 e. The fourth-order valence-corrected chi connectivity index (χ4v) is 3.23. The SMILES string of the molecule is CNC(c1ccc2c(c1)CCO2)c1cc(OC)ccc1Br. The van der Waals surface area contributed by atoms with Gasteiger partial charge in [0.2, 0.25) is 0 Å². The van der Waals surface area contributed by atoms with E-state index in [1.807, 2.05) is 19.2 Å². The molecule has 1 atom stereocenters. The van der Waals surface area contributed by atoms with E-state index in [4.69, 9.17) is 9.47 Å². The Kier molecular flexibility index (Phi) is 4.17. The normalized spacial score (nSPS) is 14.4. The van der Waals surface area contributed by atoms with Crippen molar-refractivity contribution < 1.29 is 9.47 Å². The Balaban J connectivity index is 2.02. The van der Waals surface area contributed by atoms with E-state index in [0.717, 1.165) is 34.6 Å². The molecule has 0 amide bonds. The number of hydrogen-bond acceptors (Lipinski definition) is 3. The Morgan fingerprint density at radius 2 is 2.10 bits per heavy atom. The van der Waals surface area contributed by atoms with Gasteiger partial charge in [-0.25, -0.2) is 0 Å². The third-order valence-electron chi connectivity index (χ3n) is 3.85. The molecule has 0 radical (unpaired) electrons. The van der Waals surface area contributed by atoms with Gasteiger partial charge in [0.1, 0.15) is 11.5 Å². The van der Waals surface area contributed by atoms with Crippen LogP contribution in [-0.2, 0) is 6.42 Å². The molecule has 1 unspecified atom stereocenters. The highest BCUT2D eigenvalue weighted by Gasteiger charge is 2.19. The molecule has 0 saturated carbocycles. The molecule has 0 aromatic heterocycles. The van der Waals surface area contributed by atoms with Crippen LogP contribution < -0.4 is 14.8 Å². The molecule has 2 aromatic rings. The van der Waals surface area contributed by atoms with Gasteiger partial charge in [0.15, 0.2) is 0 Å². The average Bonchev–Trinajstić information content (AvgIpc) is 2.97. The minimum Gasteiger partial charge on any atom is -0.497 e. The van der Waals surface area contributed by atoms with Crippen LogP contribution in [0.15, 0.2) is 40.9 Å². The molecule has 1 N–H and O–H groups in total. The van der Waals surface area contributed by atoms with Crippen LogP contribution >= 0.6 is 15.9 Å². The zero-order valence-electron chi connectivity index (χ0n) is 12.2. The topological polar surface area (TPSA) is 30.5 Å². The van der Waals surface area contributed by atoms with Crippen molar-refractivity contribution in [2.75, 3.05) is 20.8 Å². The zero-order valence-corrected chi connectivity index (χ0v) is 13.7. The number of methoxy groups -OCH3 is 1. The van der Waals surface area contributed by atoms with Crippen molar-refractivity contribution in [3.8, 4) is 11.5 Å². The Hall–Kier alpha value is -1.52. The molecule has 1 aliphatic rings. The van der Waals surface area contributed by atoms with E-state index in [-0.39, 0.29) is 6.04 Å². The van der Waals surface area contributed by atoms with Crippen LogP contribution in [0.1, 0.15) is 22.7 Å². The molecular weight excluding hydrogens is 330 g/mol. The maximum absolute atomic E-state index is 5.58. The largest absolute Gasteiger partial charge is 0.497 e. The zero-order chi connectivity index (χ0) is 14.8. The van der Waals surface area contributed by atoms with Crippen LogP contribution in [0.25, 0.3) is 0 Å². The maximum atomic E-state index is 5.58. The third kappa shape index (κ3) is 2.78. The highest BCUT2D eigenvalue weighted by atomic mass is 79.9. The Morgan fingerprint density at radius 1 is 1.24 bits per heavy atom. The summed E-state index contributed by atoms with van der Waals surface area (Å²) in [5, 5.41) is 3.39. The molecular formula is C17H18BrNO2.